The zero-order chi connectivity index (χ0) is 14.5. The molecule has 20 heavy (non-hydrogen) atoms. The maximum atomic E-state index is 9.55. The molecule has 1 aromatic rings. The minimum atomic E-state index is 0.567. The van der Waals surface area contributed by atoms with Gasteiger partial charge in [0.2, 0.25) is 0 Å². The first-order valence-electron chi connectivity index (χ1n) is 7.57. The van der Waals surface area contributed by atoms with Crippen LogP contribution in [0.1, 0.15) is 45.1 Å². The van der Waals surface area contributed by atoms with Gasteiger partial charge in [-0.3, -0.25) is 0 Å². The van der Waals surface area contributed by atoms with E-state index >= 15 is 0 Å². The van der Waals surface area contributed by atoms with Crippen molar-refractivity contribution in [2.75, 3.05) is 17.7 Å². The second kappa shape index (κ2) is 7.04. The topological polar surface area (TPSA) is 27.0 Å². The van der Waals surface area contributed by atoms with Crippen LogP contribution in [0.25, 0.3) is 0 Å². The van der Waals surface area contributed by atoms with Gasteiger partial charge >= 0.3 is 0 Å². The van der Waals surface area contributed by atoms with Crippen molar-refractivity contribution in [1.82, 2.24) is 0 Å². The fourth-order valence-electron chi connectivity index (χ4n) is 3.25. The number of hydrogen-bond acceptors (Lipinski definition) is 3. The van der Waals surface area contributed by atoms with E-state index in [9.17, 15) is 5.26 Å². The number of hydrogen-bond donors (Lipinski definition) is 0. The first-order chi connectivity index (χ1) is 9.69. The summed E-state index contributed by atoms with van der Waals surface area (Å²) in [6.45, 7) is 4.47. The predicted molar refractivity (Wildman–Crippen MR) is 87.4 cm³/mol. The van der Waals surface area contributed by atoms with Crippen LogP contribution in [0, 0.1) is 17.2 Å². The zero-order valence-electron chi connectivity index (χ0n) is 12.7. The number of benzene rings is 1. The standard InChI is InChI=1S/C17H24N2S/c1-4-20-17-11-7-10-16(14(17)12-18)19(3)15-9-6-5-8-13(15)2/h7,10-11,13,15H,4-6,8-9H2,1-3H3. The summed E-state index contributed by atoms with van der Waals surface area (Å²) in [5, 5.41) is 9.55. The number of nitriles is 1. The van der Waals surface area contributed by atoms with Gasteiger partial charge in [-0.1, -0.05) is 32.8 Å². The molecular weight excluding hydrogens is 264 g/mol. The Balaban J connectivity index is 2.31. The zero-order valence-corrected chi connectivity index (χ0v) is 13.5. The lowest BCUT2D eigenvalue weighted by molar-refractivity contribution is 0.321. The molecule has 108 valence electrons. The van der Waals surface area contributed by atoms with Crippen LogP contribution < -0.4 is 4.90 Å². The Kier molecular flexibility index (Phi) is 5.37. The Morgan fingerprint density at radius 1 is 1.35 bits per heavy atom. The van der Waals surface area contributed by atoms with Crippen LogP contribution >= 0.6 is 11.8 Å². The summed E-state index contributed by atoms with van der Waals surface area (Å²) in [5.74, 6) is 1.71. The molecule has 1 fully saturated rings. The summed E-state index contributed by atoms with van der Waals surface area (Å²) >= 11 is 1.76. The van der Waals surface area contributed by atoms with E-state index < -0.39 is 0 Å². The van der Waals surface area contributed by atoms with Crippen molar-refractivity contribution in [3.63, 3.8) is 0 Å². The van der Waals surface area contributed by atoms with Gasteiger partial charge in [-0.2, -0.15) is 5.26 Å². The summed E-state index contributed by atoms with van der Waals surface area (Å²) in [5.41, 5.74) is 1.95. The molecule has 2 unspecified atom stereocenters. The van der Waals surface area contributed by atoms with Gasteiger partial charge in [-0.25, -0.2) is 0 Å². The fraction of sp³-hybridized carbons (Fsp3) is 0.588. The van der Waals surface area contributed by atoms with E-state index in [4.69, 9.17) is 0 Å². The van der Waals surface area contributed by atoms with Crippen molar-refractivity contribution in [2.24, 2.45) is 5.92 Å². The second-order valence-electron chi connectivity index (χ2n) is 5.64. The summed E-state index contributed by atoms with van der Waals surface area (Å²) < 4.78 is 0. The molecule has 0 amide bonds. The summed E-state index contributed by atoms with van der Waals surface area (Å²) in [6, 6.07) is 9.23. The number of nitrogens with zero attached hydrogens (tertiary/aromatic N) is 2. The highest BCUT2D eigenvalue weighted by molar-refractivity contribution is 7.99. The molecule has 0 heterocycles. The Hall–Kier alpha value is -1.14. The minimum absolute atomic E-state index is 0.567. The van der Waals surface area contributed by atoms with Gasteiger partial charge in [0.25, 0.3) is 0 Å². The van der Waals surface area contributed by atoms with Gasteiger partial charge in [0.15, 0.2) is 0 Å². The molecule has 1 aromatic carbocycles. The lowest BCUT2D eigenvalue weighted by Gasteiger charge is -2.38. The van der Waals surface area contributed by atoms with Crippen LogP contribution in [0.2, 0.25) is 0 Å². The van der Waals surface area contributed by atoms with Crippen LogP contribution in [0.3, 0.4) is 0 Å². The Morgan fingerprint density at radius 3 is 2.75 bits per heavy atom. The molecule has 0 radical (unpaired) electrons. The van der Waals surface area contributed by atoms with E-state index in [-0.39, 0.29) is 0 Å². The number of anilines is 1. The van der Waals surface area contributed by atoms with Crippen LogP contribution in [0.4, 0.5) is 5.69 Å². The fourth-order valence-corrected chi connectivity index (χ4v) is 4.03. The largest absolute Gasteiger partial charge is 0.370 e. The average molecular weight is 288 g/mol. The van der Waals surface area contributed by atoms with Crippen molar-refractivity contribution >= 4 is 17.4 Å². The molecule has 2 nitrogen and oxygen atoms in total. The molecule has 3 heteroatoms. The van der Waals surface area contributed by atoms with Gasteiger partial charge < -0.3 is 4.90 Å². The van der Waals surface area contributed by atoms with Crippen LogP contribution in [0.15, 0.2) is 23.1 Å². The van der Waals surface area contributed by atoms with E-state index in [2.05, 4.69) is 50.1 Å². The highest BCUT2D eigenvalue weighted by Crippen LogP contribution is 2.35. The lowest BCUT2D eigenvalue weighted by atomic mass is 9.84. The molecule has 1 aliphatic rings. The van der Waals surface area contributed by atoms with Crippen molar-refractivity contribution in [2.45, 2.75) is 50.5 Å². The van der Waals surface area contributed by atoms with Gasteiger partial charge in [0, 0.05) is 18.0 Å². The Morgan fingerprint density at radius 2 is 2.10 bits per heavy atom. The predicted octanol–water partition coefficient (Wildman–Crippen LogP) is 4.69. The van der Waals surface area contributed by atoms with Gasteiger partial charge in [-0.05, 0) is 36.6 Å². The number of thioether (sulfide) groups is 1. The highest BCUT2D eigenvalue weighted by atomic mass is 32.2. The minimum Gasteiger partial charge on any atom is -0.370 e. The van der Waals surface area contributed by atoms with E-state index in [0.29, 0.717) is 12.0 Å². The maximum Gasteiger partial charge on any atom is 0.103 e. The van der Waals surface area contributed by atoms with E-state index in [1.54, 1.807) is 11.8 Å². The van der Waals surface area contributed by atoms with E-state index in [1.165, 1.54) is 25.7 Å². The highest BCUT2D eigenvalue weighted by Gasteiger charge is 2.26. The van der Waals surface area contributed by atoms with Crippen LogP contribution in [-0.2, 0) is 0 Å². The Bertz CT molecular complexity index is 492. The van der Waals surface area contributed by atoms with Crippen molar-refractivity contribution in [1.29, 1.82) is 5.26 Å². The third-order valence-corrected chi connectivity index (χ3v) is 5.30. The second-order valence-corrected chi connectivity index (χ2v) is 6.94. The summed E-state index contributed by atoms with van der Waals surface area (Å²) in [6.07, 6.45) is 5.21. The first kappa shape index (κ1) is 15.3. The average Bonchev–Trinajstić information content (AvgIpc) is 2.47. The van der Waals surface area contributed by atoms with Crippen molar-refractivity contribution in [3.8, 4) is 6.07 Å². The quantitative estimate of drug-likeness (QED) is 0.752. The van der Waals surface area contributed by atoms with Gasteiger partial charge in [0.05, 0.1) is 11.3 Å². The Labute approximate surface area is 127 Å². The third kappa shape index (κ3) is 3.12. The maximum absolute atomic E-state index is 9.55. The molecule has 1 saturated carbocycles. The van der Waals surface area contributed by atoms with Crippen LogP contribution in [-0.4, -0.2) is 18.8 Å². The number of rotatable bonds is 4. The van der Waals surface area contributed by atoms with E-state index in [0.717, 1.165) is 21.9 Å². The third-order valence-electron chi connectivity index (χ3n) is 4.36. The summed E-state index contributed by atoms with van der Waals surface area (Å²) in [7, 11) is 2.16. The molecule has 0 spiro atoms. The molecule has 0 bridgehead atoms. The molecule has 0 saturated heterocycles. The molecule has 0 N–H and O–H groups in total. The van der Waals surface area contributed by atoms with Crippen LogP contribution in [0.5, 0.6) is 0 Å². The van der Waals surface area contributed by atoms with Crippen molar-refractivity contribution < 1.29 is 0 Å². The smallest absolute Gasteiger partial charge is 0.103 e. The summed E-state index contributed by atoms with van der Waals surface area (Å²) in [4.78, 5) is 3.46. The molecular formula is C17H24N2S. The molecule has 2 atom stereocenters. The van der Waals surface area contributed by atoms with E-state index in [1.807, 2.05) is 0 Å². The van der Waals surface area contributed by atoms with Crippen molar-refractivity contribution in [3.05, 3.63) is 23.8 Å². The monoisotopic (exact) mass is 288 g/mol. The first-order valence-corrected chi connectivity index (χ1v) is 8.56. The van der Waals surface area contributed by atoms with Gasteiger partial charge in [-0.15, -0.1) is 11.8 Å². The van der Waals surface area contributed by atoms with Gasteiger partial charge in [0.1, 0.15) is 6.07 Å². The molecule has 1 aliphatic carbocycles. The molecule has 0 aromatic heterocycles. The molecule has 0 aliphatic heterocycles. The lowest BCUT2D eigenvalue weighted by Crippen LogP contribution is -2.39. The SMILES string of the molecule is CCSc1cccc(N(C)C2CCCCC2C)c1C#N. The normalized spacial score (nSPS) is 22.3. The molecule has 2 rings (SSSR count).